The summed E-state index contributed by atoms with van der Waals surface area (Å²) in [5, 5.41) is 8.77. The van der Waals surface area contributed by atoms with Crippen LogP contribution in [0.15, 0.2) is 24.3 Å². The van der Waals surface area contributed by atoms with Crippen molar-refractivity contribution in [3.8, 4) is 0 Å². The van der Waals surface area contributed by atoms with Crippen molar-refractivity contribution in [3.63, 3.8) is 0 Å². The van der Waals surface area contributed by atoms with Gasteiger partial charge in [-0.2, -0.15) is 13.2 Å². The molecule has 1 fully saturated rings. The van der Waals surface area contributed by atoms with Gasteiger partial charge in [-0.25, -0.2) is 4.79 Å². The normalized spacial score (nSPS) is 25.6. The number of benzene rings is 1. The summed E-state index contributed by atoms with van der Waals surface area (Å²) in [4.78, 5) is 10.7. The first-order valence-electron chi connectivity index (χ1n) is 5.82. The topological polar surface area (TPSA) is 55.8 Å². The lowest BCUT2D eigenvalue weighted by atomic mass is 9.93. The van der Waals surface area contributed by atoms with E-state index in [0.717, 1.165) is 24.3 Å². The van der Waals surface area contributed by atoms with E-state index in [9.17, 15) is 18.0 Å². The number of hydrogen-bond donors (Lipinski definition) is 1. The van der Waals surface area contributed by atoms with E-state index >= 15 is 0 Å². The van der Waals surface area contributed by atoms with Crippen LogP contribution in [0.1, 0.15) is 29.8 Å². The molecule has 1 aliphatic heterocycles. The van der Waals surface area contributed by atoms with Gasteiger partial charge in [0.2, 0.25) is 5.60 Å². The highest BCUT2D eigenvalue weighted by atomic mass is 19.4. The van der Waals surface area contributed by atoms with E-state index in [1.807, 2.05) is 0 Å². The lowest BCUT2D eigenvalue weighted by molar-refractivity contribution is -0.289. The third kappa shape index (κ3) is 2.38. The van der Waals surface area contributed by atoms with Crippen molar-refractivity contribution in [3.05, 3.63) is 35.4 Å². The molecule has 110 valence electrons. The molecule has 0 spiro atoms. The van der Waals surface area contributed by atoms with Crippen molar-refractivity contribution in [2.75, 3.05) is 6.61 Å². The van der Waals surface area contributed by atoms with Crippen LogP contribution in [0.4, 0.5) is 13.2 Å². The third-order valence-electron chi connectivity index (χ3n) is 3.10. The number of carboxylic acid groups (broad SMARTS) is 1. The summed E-state index contributed by atoms with van der Waals surface area (Å²) in [6.45, 7) is 2.12. The molecule has 1 N–H and O–H groups in total. The number of carboxylic acids is 1. The summed E-state index contributed by atoms with van der Waals surface area (Å²) in [5.74, 6) is -2.57. The minimum Gasteiger partial charge on any atom is -0.478 e. The molecule has 1 aliphatic rings. The zero-order chi connectivity index (χ0) is 15.2. The lowest BCUT2D eigenvalue weighted by Gasteiger charge is -2.31. The third-order valence-corrected chi connectivity index (χ3v) is 3.10. The molecule has 1 atom stereocenters. The number of alkyl halides is 3. The first-order chi connectivity index (χ1) is 9.07. The highest BCUT2D eigenvalue weighted by Crippen LogP contribution is 2.49. The van der Waals surface area contributed by atoms with Crippen molar-refractivity contribution >= 4 is 5.97 Å². The molecular formula is C13H13F3O4. The molecule has 0 radical (unpaired) electrons. The average molecular weight is 290 g/mol. The zero-order valence-electron chi connectivity index (χ0n) is 10.8. The maximum atomic E-state index is 13.4. The molecule has 0 aromatic heterocycles. The minimum atomic E-state index is -4.68. The van der Waals surface area contributed by atoms with Crippen LogP contribution in [0.3, 0.4) is 0 Å². The van der Waals surface area contributed by atoms with Crippen molar-refractivity contribution < 1.29 is 32.5 Å². The molecule has 1 unspecified atom stereocenters. The van der Waals surface area contributed by atoms with E-state index in [2.05, 4.69) is 0 Å². The van der Waals surface area contributed by atoms with Crippen molar-refractivity contribution in [1.82, 2.24) is 0 Å². The van der Waals surface area contributed by atoms with E-state index in [4.69, 9.17) is 14.6 Å². The SMILES string of the molecule is CC1(C)OCC(c2ccc(C(=O)O)cc2)(C(F)(F)F)O1. The van der Waals surface area contributed by atoms with E-state index in [1.165, 1.54) is 13.8 Å². The first kappa shape index (κ1) is 14.8. The summed E-state index contributed by atoms with van der Waals surface area (Å²) in [6, 6.07) is 4.42. The first-order valence-corrected chi connectivity index (χ1v) is 5.82. The highest BCUT2D eigenvalue weighted by molar-refractivity contribution is 5.87. The maximum Gasteiger partial charge on any atom is 0.424 e. The summed E-state index contributed by atoms with van der Waals surface area (Å²) >= 11 is 0. The molecule has 7 heteroatoms. The van der Waals surface area contributed by atoms with Crippen LogP contribution in [-0.4, -0.2) is 29.6 Å². The van der Waals surface area contributed by atoms with Gasteiger partial charge in [0, 0.05) is 0 Å². The predicted octanol–water partition coefficient (Wildman–Crippen LogP) is 2.93. The Kier molecular flexibility index (Phi) is 3.30. The van der Waals surface area contributed by atoms with Gasteiger partial charge >= 0.3 is 12.1 Å². The van der Waals surface area contributed by atoms with E-state index in [0.29, 0.717) is 0 Å². The van der Waals surface area contributed by atoms with Crippen molar-refractivity contribution in [2.45, 2.75) is 31.4 Å². The van der Waals surface area contributed by atoms with Gasteiger partial charge in [0.05, 0.1) is 12.2 Å². The Labute approximate surface area is 113 Å². The van der Waals surface area contributed by atoms with Crippen LogP contribution in [0.2, 0.25) is 0 Å². The second-order valence-corrected chi connectivity index (χ2v) is 5.00. The molecule has 0 aliphatic carbocycles. The van der Waals surface area contributed by atoms with Crippen molar-refractivity contribution in [1.29, 1.82) is 0 Å². The van der Waals surface area contributed by atoms with Gasteiger partial charge in [-0.1, -0.05) is 12.1 Å². The van der Waals surface area contributed by atoms with Crippen LogP contribution in [0.5, 0.6) is 0 Å². The fourth-order valence-electron chi connectivity index (χ4n) is 2.08. The second kappa shape index (κ2) is 4.46. The van der Waals surface area contributed by atoms with Crippen molar-refractivity contribution in [2.24, 2.45) is 0 Å². The maximum absolute atomic E-state index is 13.4. The van der Waals surface area contributed by atoms with Crippen LogP contribution in [0.25, 0.3) is 0 Å². The fraction of sp³-hybridized carbons (Fsp3) is 0.462. The Hall–Kier alpha value is -1.60. The number of ether oxygens (including phenoxy) is 2. The van der Waals surface area contributed by atoms with Crippen LogP contribution < -0.4 is 0 Å². The average Bonchev–Trinajstić information content (AvgIpc) is 2.66. The lowest BCUT2D eigenvalue weighted by Crippen LogP contribution is -2.45. The van der Waals surface area contributed by atoms with E-state index in [-0.39, 0.29) is 11.1 Å². The van der Waals surface area contributed by atoms with Gasteiger partial charge < -0.3 is 14.6 Å². The van der Waals surface area contributed by atoms with Crippen LogP contribution in [0, 0.1) is 0 Å². The summed E-state index contributed by atoms with van der Waals surface area (Å²) < 4.78 is 50.3. The minimum absolute atomic E-state index is 0.0933. The number of carbonyl (C=O) groups is 1. The number of rotatable bonds is 2. The van der Waals surface area contributed by atoms with Gasteiger partial charge in [0.15, 0.2) is 5.79 Å². The molecule has 2 rings (SSSR count). The Morgan fingerprint density at radius 3 is 2.15 bits per heavy atom. The Bertz CT molecular complexity index is 521. The van der Waals surface area contributed by atoms with Gasteiger partial charge in [-0.15, -0.1) is 0 Å². The Balaban J connectivity index is 2.46. The monoisotopic (exact) mass is 290 g/mol. The molecule has 1 aromatic rings. The molecule has 0 amide bonds. The van der Waals surface area contributed by atoms with E-state index in [1.54, 1.807) is 0 Å². The van der Waals surface area contributed by atoms with Gasteiger partial charge in [-0.05, 0) is 31.5 Å². The molecule has 0 saturated carbocycles. The highest BCUT2D eigenvalue weighted by Gasteiger charge is 2.63. The molecule has 1 heterocycles. The van der Waals surface area contributed by atoms with Gasteiger partial charge in [0.25, 0.3) is 0 Å². The Morgan fingerprint density at radius 1 is 1.25 bits per heavy atom. The summed E-state index contributed by atoms with van der Waals surface area (Å²) in [7, 11) is 0. The molecule has 4 nitrogen and oxygen atoms in total. The van der Waals surface area contributed by atoms with Crippen LogP contribution >= 0.6 is 0 Å². The number of hydrogen-bond acceptors (Lipinski definition) is 3. The summed E-state index contributed by atoms with van der Waals surface area (Å²) in [5.41, 5.74) is -2.85. The molecule has 20 heavy (non-hydrogen) atoms. The van der Waals surface area contributed by atoms with Crippen LogP contribution in [-0.2, 0) is 15.1 Å². The smallest absolute Gasteiger partial charge is 0.424 e. The fourth-order valence-corrected chi connectivity index (χ4v) is 2.08. The zero-order valence-corrected chi connectivity index (χ0v) is 10.8. The standard InChI is InChI=1S/C13H13F3O4/c1-11(2)19-7-12(20-11,13(14,15)16)9-5-3-8(4-6-9)10(17)18/h3-6H,7H2,1-2H3,(H,17,18). The Morgan fingerprint density at radius 2 is 1.80 bits per heavy atom. The number of halogens is 3. The second-order valence-electron chi connectivity index (χ2n) is 5.00. The molecule has 1 aromatic carbocycles. The largest absolute Gasteiger partial charge is 0.478 e. The van der Waals surface area contributed by atoms with E-state index < -0.39 is 30.1 Å². The molecule has 1 saturated heterocycles. The quantitative estimate of drug-likeness (QED) is 0.910. The number of aromatic carboxylic acids is 1. The van der Waals surface area contributed by atoms with Gasteiger partial charge in [-0.3, -0.25) is 0 Å². The summed E-state index contributed by atoms with van der Waals surface area (Å²) in [6.07, 6.45) is -4.68. The predicted molar refractivity (Wildman–Crippen MR) is 62.3 cm³/mol. The van der Waals surface area contributed by atoms with Gasteiger partial charge in [0.1, 0.15) is 0 Å². The molecular weight excluding hydrogens is 277 g/mol. The molecule has 0 bridgehead atoms.